The summed E-state index contributed by atoms with van der Waals surface area (Å²) in [6.45, 7) is 7.37. The number of para-hydroxylation sites is 1. The van der Waals surface area contributed by atoms with Crippen molar-refractivity contribution in [3.63, 3.8) is 0 Å². The standard InChI is InChI=1S/C23H28F3N3OS/c1-18-7-9-19(10-8-18)17-29(12-4-11-28-13-15-30-16-14-28)22(31)27-21-6-3-2-5-20(21)23(24,25)26/h2-3,5-10H,4,11-17H2,1H3,(H,27,31). The smallest absolute Gasteiger partial charge is 0.379 e. The summed E-state index contributed by atoms with van der Waals surface area (Å²) in [5.74, 6) is 0. The van der Waals surface area contributed by atoms with Crippen LogP contribution in [0.4, 0.5) is 18.9 Å². The lowest BCUT2D eigenvalue weighted by atomic mass is 10.1. The molecule has 0 spiro atoms. The normalized spacial score (nSPS) is 15.0. The van der Waals surface area contributed by atoms with E-state index in [1.165, 1.54) is 12.1 Å². The molecule has 1 N–H and O–H groups in total. The molecule has 0 saturated carbocycles. The zero-order valence-electron chi connectivity index (χ0n) is 17.6. The SMILES string of the molecule is Cc1ccc(CN(CCCN2CCOCC2)C(=S)Nc2ccccc2C(F)(F)F)cc1. The van der Waals surface area contributed by atoms with Crippen molar-refractivity contribution in [2.75, 3.05) is 44.7 Å². The summed E-state index contributed by atoms with van der Waals surface area (Å²) in [5.41, 5.74) is 1.47. The molecule has 0 radical (unpaired) electrons. The second-order valence-corrected chi connectivity index (χ2v) is 8.07. The van der Waals surface area contributed by atoms with E-state index in [4.69, 9.17) is 17.0 Å². The Kier molecular flexibility index (Phi) is 8.28. The first-order valence-corrected chi connectivity index (χ1v) is 10.8. The molecule has 4 nitrogen and oxygen atoms in total. The Morgan fingerprint density at radius 1 is 1.10 bits per heavy atom. The lowest BCUT2D eigenvalue weighted by Crippen LogP contribution is -2.40. The number of hydrogen-bond acceptors (Lipinski definition) is 3. The van der Waals surface area contributed by atoms with Gasteiger partial charge in [0.15, 0.2) is 5.11 Å². The molecule has 3 rings (SSSR count). The lowest BCUT2D eigenvalue weighted by molar-refractivity contribution is -0.136. The average molecular weight is 452 g/mol. The van der Waals surface area contributed by atoms with Crippen LogP contribution in [-0.2, 0) is 17.5 Å². The number of aryl methyl sites for hydroxylation is 1. The highest BCUT2D eigenvalue weighted by atomic mass is 32.1. The highest BCUT2D eigenvalue weighted by molar-refractivity contribution is 7.80. The van der Waals surface area contributed by atoms with Crippen molar-refractivity contribution in [2.24, 2.45) is 0 Å². The predicted octanol–water partition coefficient (Wildman–Crippen LogP) is 4.94. The summed E-state index contributed by atoms with van der Waals surface area (Å²) in [6.07, 6.45) is -3.59. The molecule has 1 aliphatic rings. The van der Waals surface area contributed by atoms with Crippen molar-refractivity contribution >= 4 is 23.0 Å². The van der Waals surface area contributed by atoms with Crippen molar-refractivity contribution in [1.82, 2.24) is 9.80 Å². The number of nitrogens with zero attached hydrogens (tertiary/aromatic N) is 2. The molecule has 2 aromatic rings. The van der Waals surface area contributed by atoms with Crippen molar-refractivity contribution in [3.05, 3.63) is 65.2 Å². The molecule has 31 heavy (non-hydrogen) atoms. The van der Waals surface area contributed by atoms with Crippen molar-refractivity contribution < 1.29 is 17.9 Å². The third-order valence-electron chi connectivity index (χ3n) is 5.26. The van der Waals surface area contributed by atoms with Gasteiger partial charge in [0.05, 0.1) is 24.5 Å². The van der Waals surface area contributed by atoms with Crippen LogP contribution in [-0.4, -0.2) is 54.3 Å². The molecule has 168 valence electrons. The minimum Gasteiger partial charge on any atom is -0.379 e. The molecule has 0 unspecified atom stereocenters. The molecular weight excluding hydrogens is 423 g/mol. The van der Waals surface area contributed by atoms with Gasteiger partial charge < -0.3 is 15.0 Å². The number of ether oxygens (including phenoxy) is 1. The molecule has 0 aromatic heterocycles. The first-order valence-electron chi connectivity index (χ1n) is 10.4. The first-order chi connectivity index (χ1) is 14.8. The molecule has 0 aliphatic carbocycles. The number of halogens is 3. The van der Waals surface area contributed by atoms with Gasteiger partial charge in [0.2, 0.25) is 0 Å². The van der Waals surface area contributed by atoms with Crippen LogP contribution < -0.4 is 5.32 Å². The van der Waals surface area contributed by atoms with Crippen LogP contribution in [0.2, 0.25) is 0 Å². The van der Waals surface area contributed by atoms with E-state index >= 15 is 0 Å². The Hall–Kier alpha value is -2.16. The Balaban J connectivity index is 1.70. The Morgan fingerprint density at radius 2 is 1.77 bits per heavy atom. The third-order valence-corrected chi connectivity index (χ3v) is 5.62. The maximum absolute atomic E-state index is 13.4. The van der Waals surface area contributed by atoms with E-state index in [2.05, 4.69) is 10.2 Å². The Labute approximate surface area is 187 Å². The van der Waals surface area contributed by atoms with E-state index in [9.17, 15) is 13.2 Å². The molecule has 2 aromatic carbocycles. The zero-order valence-corrected chi connectivity index (χ0v) is 18.4. The summed E-state index contributed by atoms with van der Waals surface area (Å²) in [4.78, 5) is 4.27. The fraction of sp³-hybridized carbons (Fsp3) is 0.435. The maximum Gasteiger partial charge on any atom is 0.418 e. The largest absolute Gasteiger partial charge is 0.418 e. The van der Waals surface area contributed by atoms with Crippen LogP contribution in [0.25, 0.3) is 0 Å². The highest BCUT2D eigenvalue weighted by Gasteiger charge is 2.33. The molecule has 1 saturated heterocycles. The molecule has 1 heterocycles. The van der Waals surface area contributed by atoms with Crippen LogP contribution in [0.1, 0.15) is 23.1 Å². The van der Waals surface area contributed by atoms with Crippen LogP contribution in [0.3, 0.4) is 0 Å². The maximum atomic E-state index is 13.4. The van der Waals surface area contributed by atoms with Gasteiger partial charge in [0, 0.05) is 32.7 Å². The number of thiocarbonyl (C=S) groups is 1. The average Bonchev–Trinajstić information content (AvgIpc) is 2.75. The number of morpholine rings is 1. The third kappa shape index (κ3) is 7.19. The highest BCUT2D eigenvalue weighted by Crippen LogP contribution is 2.34. The Bertz CT molecular complexity index is 852. The predicted molar refractivity (Wildman–Crippen MR) is 121 cm³/mol. The van der Waals surface area contributed by atoms with E-state index in [0.717, 1.165) is 56.5 Å². The van der Waals surface area contributed by atoms with E-state index in [-0.39, 0.29) is 5.69 Å². The quantitative estimate of drug-likeness (QED) is 0.603. The summed E-state index contributed by atoms with van der Waals surface area (Å²) in [5, 5.41) is 3.13. The van der Waals surface area contributed by atoms with E-state index in [1.54, 1.807) is 6.07 Å². The number of rotatable bonds is 7. The molecule has 8 heteroatoms. The van der Waals surface area contributed by atoms with E-state index in [0.29, 0.717) is 18.2 Å². The summed E-state index contributed by atoms with van der Waals surface area (Å²) < 4.78 is 45.5. The van der Waals surface area contributed by atoms with Crippen LogP contribution in [0, 0.1) is 6.92 Å². The monoisotopic (exact) mass is 451 g/mol. The van der Waals surface area contributed by atoms with Crippen molar-refractivity contribution in [3.8, 4) is 0 Å². The molecule has 0 amide bonds. The van der Waals surface area contributed by atoms with Gasteiger partial charge in [-0.15, -0.1) is 0 Å². The second-order valence-electron chi connectivity index (χ2n) is 7.69. The van der Waals surface area contributed by atoms with Gasteiger partial charge in [-0.1, -0.05) is 42.0 Å². The number of hydrogen-bond donors (Lipinski definition) is 1. The van der Waals surface area contributed by atoms with E-state index in [1.807, 2.05) is 36.1 Å². The van der Waals surface area contributed by atoms with Gasteiger partial charge in [0.25, 0.3) is 0 Å². The summed E-state index contributed by atoms with van der Waals surface area (Å²) in [7, 11) is 0. The van der Waals surface area contributed by atoms with Crippen LogP contribution >= 0.6 is 12.2 Å². The van der Waals surface area contributed by atoms with Gasteiger partial charge in [-0.3, -0.25) is 4.90 Å². The fourth-order valence-corrected chi connectivity index (χ4v) is 3.78. The summed E-state index contributed by atoms with van der Waals surface area (Å²) in [6, 6.07) is 13.5. The topological polar surface area (TPSA) is 27.7 Å². The fourth-order valence-electron chi connectivity index (χ4n) is 3.51. The number of alkyl halides is 3. The van der Waals surface area contributed by atoms with Gasteiger partial charge in [-0.05, 0) is 43.3 Å². The molecule has 0 atom stereocenters. The van der Waals surface area contributed by atoms with Gasteiger partial charge in [0.1, 0.15) is 0 Å². The zero-order chi connectivity index (χ0) is 22.3. The molecule has 1 aliphatic heterocycles. The number of benzene rings is 2. The van der Waals surface area contributed by atoms with Gasteiger partial charge in [-0.25, -0.2) is 0 Å². The molecule has 0 bridgehead atoms. The van der Waals surface area contributed by atoms with Crippen molar-refractivity contribution in [2.45, 2.75) is 26.1 Å². The summed E-state index contributed by atoms with van der Waals surface area (Å²) >= 11 is 5.55. The van der Waals surface area contributed by atoms with E-state index < -0.39 is 11.7 Å². The molecule has 1 fully saturated rings. The minimum absolute atomic E-state index is 0.0258. The number of anilines is 1. The first kappa shape index (κ1) is 23.5. The van der Waals surface area contributed by atoms with Gasteiger partial charge in [-0.2, -0.15) is 13.2 Å². The minimum atomic E-state index is -4.45. The van der Waals surface area contributed by atoms with Crippen LogP contribution in [0.15, 0.2) is 48.5 Å². The van der Waals surface area contributed by atoms with Crippen molar-refractivity contribution in [1.29, 1.82) is 0 Å². The Morgan fingerprint density at radius 3 is 2.45 bits per heavy atom. The van der Waals surface area contributed by atoms with Crippen LogP contribution in [0.5, 0.6) is 0 Å². The lowest BCUT2D eigenvalue weighted by Gasteiger charge is -2.30. The van der Waals surface area contributed by atoms with Gasteiger partial charge >= 0.3 is 6.18 Å². The second kappa shape index (κ2) is 10.9. The number of nitrogens with one attached hydrogen (secondary N) is 1. The molecular formula is C23H28F3N3OS.